The Morgan fingerprint density at radius 3 is 2.72 bits per heavy atom. The highest BCUT2D eigenvalue weighted by Gasteiger charge is 2.30. The van der Waals surface area contributed by atoms with E-state index in [-0.39, 0.29) is 11.8 Å². The SMILES string of the molecule is COc1ccc(-c2csc3c2NC(=O)CC3c2cccc(Cl)c2)cc1. The van der Waals surface area contributed by atoms with Crippen LogP contribution in [0.25, 0.3) is 11.1 Å². The number of nitrogens with one attached hydrogen (secondary N) is 1. The van der Waals surface area contributed by atoms with Gasteiger partial charge in [0.15, 0.2) is 0 Å². The van der Waals surface area contributed by atoms with E-state index in [4.69, 9.17) is 16.3 Å². The van der Waals surface area contributed by atoms with E-state index in [0.717, 1.165) is 28.1 Å². The molecule has 3 aromatic rings. The summed E-state index contributed by atoms with van der Waals surface area (Å²) in [5, 5.41) is 5.86. The summed E-state index contributed by atoms with van der Waals surface area (Å²) in [7, 11) is 1.65. The van der Waals surface area contributed by atoms with E-state index in [9.17, 15) is 4.79 Å². The summed E-state index contributed by atoms with van der Waals surface area (Å²) in [6.07, 6.45) is 0.440. The average molecular weight is 370 g/mol. The molecule has 1 N–H and O–H groups in total. The van der Waals surface area contributed by atoms with Gasteiger partial charge in [-0.1, -0.05) is 35.9 Å². The molecule has 1 amide bonds. The highest BCUT2D eigenvalue weighted by atomic mass is 35.5. The molecule has 1 atom stereocenters. The lowest BCUT2D eigenvalue weighted by atomic mass is 9.89. The molecule has 25 heavy (non-hydrogen) atoms. The van der Waals surface area contributed by atoms with Crippen molar-refractivity contribution in [3.8, 4) is 16.9 Å². The molecule has 0 saturated carbocycles. The van der Waals surface area contributed by atoms with E-state index in [2.05, 4.69) is 10.7 Å². The minimum atomic E-state index is 0.0330. The number of hydrogen-bond acceptors (Lipinski definition) is 3. The van der Waals surface area contributed by atoms with Crippen molar-refractivity contribution in [3.05, 3.63) is 69.4 Å². The molecule has 5 heteroatoms. The highest BCUT2D eigenvalue weighted by molar-refractivity contribution is 7.11. The first-order valence-corrected chi connectivity index (χ1v) is 9.22. The molecule has 0 spiro atoms. The molecule has 126 valence electrons. The number of methoxy groups -OCH3 is 1. The summed E-state index contributed by atoms with van der Waals surface area (Å²) >= 11 is 7.83. The second-order valence-corrected chi connectivity index (χ2v) is 7.32. The zero-order chi connectivity index (χ0) is 17.4. The number of carbonyl (C=O) groups is 1. The van der Waals surface area contributed by atoms with Gasteiger partial charge in [0.1, 0.15) is 5.75 Å². The Labute approximate surface area is 155 Å². The van der Waals surface area contributed by atoms with E-state index in [0.29, 0.717) is 11.4 Å². The van der Waals surface area contributed by atoms with Crippen LogP contribution in [0.4, 0.5) is 5.69 Å². The maximum atomic E-state index is 12.3. The van der Waals surface area contributed by atoms with Crippen molar-refractivity contribution in [3.63, 3.8) is 0 Å². The zero-order valence-corrected chi connectivity index (χ0v) is 15.2. The van der Waals surface area contributed by atoms with Crippen molar-refractivity contribution < 1.29 is 9.53 Å². The van der Waals surface area contributed by atoms with Crippen LogP contribution < -0.4 is 10.1 Å². The summed E-state index contributed by atoms with van der Waals surface area (Å²) in [6, 6.07) is 15.6. The van der Waals surface area contributed by atoms with Crippen molar-refractivity contribution in [2.24, 2.45) is 0 Å². The van der Waals surface area contributed by atoms with E-state index in [1.165, 1.54) is 4.88 Å². The lowest BCUT2D eigenvalue weighted by molar-refractivity contribution is -0.116. The van der Waals surface area contributed by atoms with Gasteiger partial charge in [-0.3, -0.25) is 4.79 Å². The lowest BCUT2D eigenvalue weighted by Crippen LogP contribution is -2.22. The average Bonchev–Trinajstić information content (AvgIpc) is 3.04. The van der Waals surface area contributed by atoms with Gasteiger partial charge in [-0.2, -0.15) is 0 Å². The fourth-order valence-electron chi connectivity index (χ4n) is 3.20. The molecule has 1 unspecified atom stereocenters. The van der Waals surface area contributed by atoms with Gasteiger partial charge in [0.2, 0.25) is 5.91 Å². The van der Waals surface area contributed by atoms with Crippen LogP contribution in [0.15, 0.2) is 53.9 Å². The van der Waals surface area contributed by atoms with Crippen molar-refractivity contribution in [2.45, 2.75) is 12.3 Å². The number of ether oxygens (including phenoxy) is 1. The molecular formula is C20H16ClNO2S. The molecule has 1 aliphatic heterocycles. The van der Waals surface area contributed by atoms with Crippen LogP contribution in [0.1, 0.15) is 22.8 Å². The summed E-state index contributed by atoms with van der Waals surface area (Å²) < 4.78 is 5.22. The summed E-state index contributed by atoms with van der Waals surface area (Å²) in [4.78, 5) is 13.5. The number of halogens is 1. The van der Waals surface area contributed by atoms with Crippen LogP contribution in [0, 0.1) is 0 Å². The van der Waals surface area contributed by atoms with Gasteiger partial charge in [0, 0.05) is 33.2 Å². The van der Waals surface area contributed by atoms with Gasteiger partial charge in [-0.25, -0.2) is 0 Å². The number of fused-ring (bicyclic) bond motifs is 1. The Balaban J connectivity index is 1.78. The Kier molecular flexibility index (Phi) is 4.24. The Morgan fingerprint density at radius 2 is 2.00 bits per heavy atom. The molecule has 4 rings (SSSR count). The minimum Gasteiger partial charge on any atom is -0.497 e. The van der Waals surface area contributed by atoms with Gasteiger partial charge in [-0.15, -0.1) is 11.3 Å². The van der Waals surface area contributed by atoms with Crippen LogP contribution in [0.5, 0.6) is 5.75 Å². The van der Waals surface area contributed by atoms with Gasteiger partial charge in [0.25, 0.3) is 0 Å². The first-order valence-electron chi connectivity index (χ1n) is 7.97. The zero-order valence-electron chi connectivity index (χ0n) is 13.6. The van der Waals surface area contributed by atoms with Crippen molar-refractivity contribution in [1.82, 2.24) is 0 Å². The molecule has 0 fully saturated rings. The first kappa shape index (κ1) is 16.2. The molecule has 2 heterocycles. The fourth-order valence-corrected chi connectivity index (χ4v) is 4.56. The number of carbonyl (C=O) groups excluding carboxylic acids is 1. The largest absolute Gasteiger partial charge is 0.497 e. The monoisotopic (exact) mass is 369 g/mol. The van der Waals surface area contributed by atoms with Gasteiger partial charge >= 0.3 is 0 Å². The number of rotatable bonds is 3. The third kappa shape index (κ3) is 3.03. The van der Waals surface area contributed by atoms with Crippen molar-refractivity contribution in [1.29, 1.82) is 0 Å². The van der Waals surface area contributed by atoms with Gasteiger partial charge < -0.3 is 10.1 Å². The third-order valence-corrected chi connectivity index (χ3v) is 5.77. The van der Waals surface area contributed by atoms with E-state index < -0.39 is 0 Å². The number of hydrogen-bond donors (Lipinski definition) is 1. The summed E-state index contributed by atoms with van der Waals surface area (Å²) in [5.41, 5.74) is 4.09. The number of amides is 1. The third-order valence-electron chi connectivity index (χ3n) is 4.44. The van der Waals surface area contributed by atoms with Crippen LogP contribution in [0.2, 0.25) is 5.02 Å². The summed E-state index contributed by atoms with van der Waals surface area (Å²) in [6.45, 7) is 0. The maximum Gasteiger partial charge on any atom is 0.225 e. The van der Waals surface area contributed by atoms with E-state index in [1.807, 2.05) is 48.5 Å². The van der Waals surface area contributed by atoms with Gasteiger partial charge in [-0.05, 0) is 35.4 Å². The van der Waals surface area contributed by atoms with E-state index >= 15 is 0 Å². The molecule has 0 aliphatic carbocycles. The van der Waals surface area contributed by atoms with Crippen molar-refractivity contribution in [2.75, 3.05) is 12.4 Å². The maximum absolute atomic E-state index is 12.3. The fraction of sp³-hybridized carbons (Fsp3) is 0.150. The Morgan fingerprint density at radius 1 is 1.20 bits per heavy atom. The molecule has 0 saturated heterocycles. The smallest absolute Gasteiger partial charge is 0.225 e. The molecule has 1 aromatic heterocycles. The second-order valence-electron chi connectivity index (χ2n) is 5.98. The predicted octanol–water partition coefficient (Wildman–Crippen LogP) is 5.55. The number of thiophene rings is 1. The second kappa shape index (κ2) is 6.54. The predicted molar refractivity (Wildman–Crippen MR) is 103 cm³/mol. The molecule has 2 aromatic carbocycles. The standard InChI is InChI=1S/C20H16ClNO2S/c1-24-15-7-5-12(6-8-15)17-11-25-20-16(10-18(23)22-19(17)20)13-3-2-4-14(21)9-13/h2-9,11,16H,10H2,1H3,(H,22,23). The topological polar surface area (TPSA) is 38.3 Å². The minimum absolute atomic E-state index is 0.0330. The number of anilines is 1. The van der Waals surface area contributed by atoms with Gasteiger partial charge in [0.05, 0.1) is 12.8 Å². The van der Waals surface area contributed by atoms with E-state index in [1.54, 1.807) is 18.4 Å². The molecular weight excluding hydrogens is 354 g/mol. The Hall–Kier alpha value is -2.30. The normalized spacial score (nSPS) is 16.2. The highest BCUT2D eigenvalue weighted by Crippen LogP contribution is 2.46. The molecule has 0 radical (unpaired) electrons. The summed E-state index contributed by atoms with van der Waals surface area (Å²) in [5.74, 6) is 0.888. The van der Waals surface area contributed by atoms with Crippen LogP contribution in [0.3, 0.4) is 0 Å². The molecule has 0 bridgehead atoms. The molecule has 3 nitrogen and oxygen atoms in total. The van der Waals surface area contributed by atoms with Crippen molar-refractivity contribution >= 4 is 34.5 Å². The van der Waals surface area contributed by atoms with Crippen LogP contribution in [-0.2, 0) is 4.79 Å². The Bertz CT molecular complexity index is 933. The van der Waals surface area contributed by atoms with Crippen LogP contribution >= 0.6 is 22.9 Å². The van der Waals surface area contributed by atoms with Crippen LogP contribution in [-0.4, -0.2) is 13.0 Å². The quantitative estimate of drug-likeness (QED) is 0.657. The lowest BCUT2D eigenvalue weighted by Gasteiger charge is -2.24. The molecule has 1 aliphatic rings. The first-order chi connectivity index (χ1) is 12.2. The number of benzene rings is 2.